The monoisotopic (exact) mass is 642 g/mol. The fourth-order valence-corrected chi connectivity index (χ4v) is 8.88. The van der Waals surface area contributed by atoms with Gasteiger partial charge in [0.25, 0.3) is 0 Å². The molecule has 8 aromatic carbocycles. The molecule has 0 aliphatic heterocycles. The highest BCUT2D eigenvalue weighted by molar-refractivity contribution is 7.19. The SMILES string of the molecule is c1ccc2cc(-c3nc4c(s3)-c3ccc(N(c5ccc6c(c5)oc5ccccc56)c5cccc6ccccc56)c5cccc-4c35)ccc2c1. The number of furan rings is 1. The fraction of sp³-hybridized carbons (Fsp3) is 0. The highest BCUT2D eigenvalue weighted by Gasteiger charge is 2.29. The van der Waals surface area contributed by atoms with Crippen molar-refractivity contribution in [2.45, 2.75) is 0 Å². The van der Waals surface area contributed by atoms with Gasteiger partial charge in [-0.1, -0.05) is 115 Å². The second-order valence-electron chi connectivity index (χ2n) is 12.7. The number of nitrogens with zero attached hydrogens (tertiary/aromatic N) is 2. The van der Waals surface area contributed by atoms with E-state index in [1.807, 2.05) is 12.1 Å². The van der Waals surface area contributed by atoms with Crippen LogP contribution in [-0.4, -0.2) is 4.98 Å². The Bertz CT molecular complexity index is 2940. The van der Waals surface area contributed by atoms with E-state index in [0.717, 1.165) is 55.3 Å². The molecular weight excluding hydrogens is 617 g/mol. The van der Waals surface area contributed by atoms with Gasteiger partial charge in [-0.2, -0.15) is 0 Å². The average molecular weight is 643 g/mol. The molecule has 0 saturated carbocycles. The van der Waals surface area contributed by atoms with Crippen molar-refractivity contribution in [3.8, 4) is 32.3 Å². The first-order chi connectivity index (χ1) is 24.3. The van der Waals surface area contributed by atoms with Gasteiger partial charge in [-0.25, -0.2) is 4.98 Å². The van der Waals surface area contributed by atoms with Crippen LogP contribution in [0.2, 0.25) is 0 Å². The summed E-state index contributed by atoms with van der Waals surface area (Å²) in [5, 5.41) is 10.6. The summed E-state index contributed by atoms with van der Waals surface area (Å²) in [4.78, 5) is 8.93. The van der Waals surface area contributed by atoms with Gasteiger partial charge in [-0.3, -0.25) is 0 Å². The Hall–Kier alpha value is -6.23. The fourth-order valence-electron chi connectivity index (χ4n) is 7.77. The molecule has 1 aliphatic carbocycles. The zero-order valence-corrected chi connectivity index (χ0v) is 27.0. The van der Waals surface area contributed by atoms with Crippen molar-refractivity contribution in [3.63, 3.8) is 0 Å². The molecule has 0 unspecified atom stereocenters. The molecule has 49 heavy (non-hydrogen) atoms. The number of aromatic nitrogens is 1. The van der Waals surface area contributed by atoms with E-state index in [0.29, 0.717) is 0 Å². The van der Waals surface area contributed by atoms with E-state index in [1.165, 1.54) is 48.3 Å². The Balaban J connectivity index is 1.12. The van der Waals surface area contributed by atoms with Crippen LogP contribution < -0.4 is 4.90 Å². The zero-order chi connectivity index (χ0) is 32.1. The van der Waals surface area contributed by atoms with E-state index < -0.39 is 0 Å². The molecule has 0 amide bonds. The third kappa shape index (κ3) is 3.92. The van der Waals surface area contributed by atoms with Gasteiger partial charge < -0.3 is 9.32 Å². The van der Waals surface area contributed by atoms with Gasteiger partial charge in [0.1, 0.15) is 16.2 Å². The maximum absolute atomic E-state index is 6.41. The average Bonchev–Trinajstić information content (AvgIpc) is 3.84. The molecule has 3 nitrogen and oxygen atoms in total. The maximum atomic E-state index is 6.41. The molecule has 2 aromatic heterocycles. The van der Waals surface area contributed by atoms with Gasteiger partial charge in [-0.05, 0) is 52.6 Å². The minimum absolute atomic E-state index is 0.877. The van der Waals surface area contributed by atoms with Crippen LogP contribution in [0.4, 0.5) is 17.1 Å². The minimum Gasteiger partial charge on any atom is -0.456 e. The number of rotatable bonds is 4. The predicted molar refractivity (Wildman–Crippen MR) is 206 cm³/mol. The normalized spacial score (nSPS) is 12.1. The Morgan fingerprint density at radius 1 is 0.490 bits per heavy atom. The van der Waals surface area contributed by atoms with Crippen molar-refractivity contribution in [3.05, 3.63) is 158 Å². The van der Waals surface area contributed by atoms with Crippen molar-refractivity contribution in [2.24, 2.45) is 0 Å². The molecular formula is C45H26N2OS. The first-order valence-corrected chi connectivity index (χ1v) is 17.4. The van der Waals surface area contributed by atoms with E-state index in [-0.39, 0.29) is 0 Å². The largest absolute Gasteiger partial charge is 0.456 e. The van der Waals surface area contributed by atoms with Crippen LogP contribution in [0.25, 0.3) is 86.5 Å². The number of fused-ring (bicyclic) bond motifs is 8. The Morgan fingerprint density at radius 2 is 1.22 bits per heavy atom. The van der Waals surface area contributed by atoms with Crippen LogP contribution in [0.15, 0.2) is 162 Å². The number of hydrogen-bond acceptors (Lipinski definition) is 4. The number of thiazole rings is 1. The molecule has 0 spiro atoms. The Labute approximate surface area is 285 Å². The molecule has 0 saturated heterocycles. The molecule has 4 heteroatoms. The van der Waals surface area contributed by atoms with Crippen molar-refractivity contribution >= 4 is 82.7 Å². The van der Waals surface area contributed by atoms with Gasteiger partial charge in [0.2, 0.25) is 0 Å². The third-order valence-corrected chi connectivity index (χ3v) is 11.1. The lowest BCUT2D eigenvalue weighted by Gasteiger charge is -2.28. The van der Waals surface area contributed by atoms with Gasteiger partial charge in [0, 0.05) is 55.4 Å². The smallest absolute Gasteiger partial charge is 0.137 e. The highest BCUT2D eigenvalue weighted by Crippen LogP contribution is 2.54. The Kier molecular flexibility index (Phi) is 5.54. The minimum atomic E-state index is 0.877. The number of hydrogen-bond donors (Lipinski definition) is 0. The van der Waals surface area contributed by atoms with Crippen LogP contribution in [0, 0.1) is 0 Å². The summed E-state index contributed by atoms with van der Waals surface area (Å²) in [6.07, 6.45) is 0. The van der Waals surface area contributed by atoms with E-state index in [2.05, 4.69) is 150 Å². The topological polar surface area (TPSA) is 29.3 Å². The van der Waals surface area contributed by atoms with E-state index in [4.69, 9.17) is 9.40 Å². The summed E-state index contributed by atoms with van der Waals surface area (Å²) in [5.74, 6) is 0. The standard InChI is InChI=1S/C45H26N2OS/c1-2-11-29-25-30(20-19-27(29)9-1)45-46-43-36-16-8-15-35-39(24-23-37(42(35)36)44(43)49-45)47(38-17-7-12-28-10-3-4-13-32(28)38)31-21-22-34-33-14-5-6-18-40(33)48-41(34)26-31/h1-26H. The quantitative estimate of drug-likeness (QED) is 0.191. The summed E-state index contributed by atoms with van der Waals surface area (Å²) in [7, 11) is 0. The molecule has 228 valence electrons. The molecule has 1 aliphatic rings. The Morgan fingerprint density at radius 3 is 2.16 bits per heavy atom. The van der Waals surface area contributed by atoms with Gasteiger partial charge in [0.05, 0.1) is 21.9 Å². The molecule has 11 rings (SSSR count). The number of para-hydroxylation sites is 1. The molecule has 0 bridgehead atoms. The van der Waals surface area contributed by atoms with Crippen LogP contribution >= 0.6 is 11.3 Å². The van der Waals surface area contributed by atoms with E-state index >= 15 is 0 Å². The zero-order valence-electron chi connectivity index (χ0n) is 26.2. The first kappa shape index (κ1) is 26.8. The van der Waals surface area contributed by atoms with Gasteiger partial charge in [-0.15, -0.1) is 11.3 Å². The lowest BCUT2D eigenvalue weighted by molar-refractivity contribution is 0.669. The molecule has 0 radical (unpaired) electrons. The highest BCUT2D eigenvalue weighted by atomic mass is 32.1. The summed E-state index contributed by atoms with van der Waals surface area (Å²) in [6, 6.07) is 56.5. The molecule has 0 N–H and O–H groups in total. The van der Waals surface area contributed by atoms with Gasteiger partial charge in [0.15, 0.2) is 0 Å². The third-order valence-electron chi connectivity index (χ3n) is 10.0. The molecule has 0 atom stereocenters. The number of anilines is 3. The molecule has 0 fully saturated rings. The second kappa shape index (κ2) is 10.1. The first-order valence-electron chi connectivity index (χ1n) is 16.5. The summed E-state index contributed by atoms with van der Waals surface area (Å²) in [6.45, 7) is 0. The lowest BCUT2D eigenvalue weighted by atomic mass is 10.00. The van der Waals surface area contributed by atoms with Crippen molar-refractivity contribution in [1.29, 1.82) is 0 Å². The maximum Gasteiger partial charge on any atom is 0.137 e. The summed E-state index contributed by atoms with van der Waals surface area (Å²) < 4.78 is 6.41. The summed E-state index contributed by atoms with van der Waals surface area (Å²) >= 11 is 1.79. The van der Waals surface area contributed by atoms with E-state index in [9.17, 15) is 0 Å². The van der Waals surface area contributed by atoms with Crippen LogP contribution in [0.1, 0.15) is 0 Å². The van der Waals surface area contributed by atoms with E-state index in [1.54, 1.807) is 11.3 Å². The predicted octanol–water partition coefficient (Wildman–Crippen LogP) is 13.3. The van der Waals surface area contributed by atoms with Gasteiger partial charge >= 0.3 is 0 Å². The van der Waals surface area contributed by atoms with Crippen LogP contribution in [0.3, 0.4) is 0 Å². The van der Waals surface area contributed by atoms with Crippen molar-refractivity contribution < 1.29 is 4.42 Å². The van der Waals surface area contributed by atoms with Crippen molar-refractivity contribution in [1.82, 2.24) is 4.98 Å². The number of benzene rings is 8. The second-order valence-corrected chi connectivity index (χ2v) is 13.7. The lowest BCUT2D eigenvalue weighted by Crippen LogP contribution is -2.11. The van der Waals surface area contributed by atoms with Crippen LogP contribution in [0.5, 0.6) is 0 Å². The molecule has 2 heterocycles. The van der Waals surface area contributed by atoms with Crippen LogP contribution in [-0.2, 0) is 0 Å². The summed E-state index contributed by atoms with van der Waals surface area (Å²) in [5.41, 5.74) is 9.75. The van der Waals surface area contributed by atoms with Crippen molar-refractivity contribution in [2.75, 3.05) is 4.90 Å². The molecule has 10 aromatic rings.